The highest BCUT2D eigenvalue weighted by Crippen LogP contribution is 2.23. The van der Waals surface area contributed by atoms with Crippen molar-refractivity contribution in [2.24, 2.45) is 5.92 Å². The van der Waals surface area contributed by atoms with Crippen LogP contribution in [0.25, 0.3) is 0 Å². The minimum absolute atomic E-state index is 0.0174. The van der Waals surface area contributed by atoms with Crippen LogP contribution in [0.5, 0.6) is 0 Å². The van der Waals surface area contributed by atoms with E-state index in [9.17, 15) is 8.78 Å². The lowest BCUT2D eigenvalue weighted by Gasteiger charge is -2.13. The molecule has 0 N–H and O–H groups in total. The number of alkyl halides is 2. The Morgan fingerprint density at radius 2 is 1.89 bits per heavy atom. The lowest BCUT2D eigenvalue weighted by Crippen LogP contribution is -2.13. The summed E-state index contributed by atoms with van der Waals surface area (Å²) in [5.41, 5.74) is 0. The first-order valence-electron chi connectivity index (χ1n) is 3.33. The van der Waals surface area contributed by atoms with Gasteiger partial charge in [-0.2, -0.15) is 0 Å². The molecule has 0 fully saturated rings. The van der Waals surface area contributed by atoms with Crippen LogP contribution in [0.1, 0.15) is 33.6 Å². The van der Waals surface area contributed by atoms with E-state index in [0.717, 1.165) is 13.3 Å². The molecule has 0 aliphatic carbocycles. The second-order valence-electron chi connectivity index (χ2n) is 2.79. The van der Waals surface area contributed by atoms with Gasteiger partial charge in [-0.1, -0.05) is 20.3 Å². The van der Waals surface area contributed by atoms with Crippen LogP contribution in [0.3, 0.4) is 0 Å². The second kappa shape index (κ2) is 3.14. The Labute approximate surface area is 55.3 Å². The third-order valence-corrected chi connectivity index (χ3v) is 1.40. The topological polar surface area (TPSA) is 0 Å². The van der Waals surface area contributed by atoms with Crippen molar-refractivity contribution in [3.8, 4) is 0 Å². The number of halogens is 2. The Morgan fingerprint density at radius 3 is 2.00 bits per heavy atom. The van der Waals surface area contributed by atoms with Gasteiger partial charge in [-0.3, -0.25) is 0 Å². The molecule has 0 aromatic carbocycles. The maximum absolute atomic E-state index is 12.2. The van der Waals surface area contributed by atoms with Gasteiger partial charge in [0.15, 0.2) is 0 Å². The summed E-state index contributed by atoms with van der Waals surface area (Å²) in [6.45, 7) is 4.74. The van der Waals surface area contributed by atoms with Crippen LogP contribution < -0.4 is 0 Å². The molecule has 0 radical (unpaired) electrons. The second-order valence-corrected chi connectivity index (χ2v) is 2.79. The fourth-order valence-electron chi connectivity index (χ4n) is 0.756. The molecule has 9 heavy (non-hydrogen) atoms. The molecule has 0 aliphatic rings. The quantitative estimate of drug-likeness (QED) is 0.559. The van der Waals surface area contributed by atoms with Crippen LogP contribution in [-0.2, 0) is 0 Å². The lowest BCUT2D eigenvalue weighted by molar-refractivity contribution is -0.00166. The molecule has 1 atom stereocenters. The molecule has 0 saturated carbocycles. The van der Waals surface area contributed by atoms with Crippen molar-refractivity contribution < 1.29 is 8.78 Å². The van der Waals surface area contributed by atoms with Gasteiger partial charge in [0.25, 0.3) is 0 Å². The third kappa shape index (κ3) is 5.74. The van der Waals surface area contributed by atoms with Crippen molar-refractivity contribution in [1.29, 1.82) is 0 Å². The first-order valence-corrected chi connectivity index (χ1v) is 3.33. The van der Waals surface area contributed by atoms with Crippen molar-refractivity contribution in [1.82, 2.24) is 0 Å². The summed E-state index contributed by atoms with van der Waals surface area (Å²) in [6.07, 6.45) is 0.854. The maximum Gasteiger partial charge on any atom is 0.245 e. The SMILES string of the molecule is CCC(C)CC(C)(F)F. The largest absolute Gasteiger partial charge is 0.245 e. The van der Waals surface area contributed by atoms with Crippen molar-refractivity contribution in [3.05, 3.63) is 0 Å². The maximum atomic E-state index is 12.2. The van der Waals surface area contributed by atoms with Gasteiger partial charge in [-0.25, -0.2) is 8.78 Å². The van der Waals surface area contributed by atoms with E-state index in [1.807, 2.05) is 13.8 Å². The van der Waals surface area contributed by atoms with Crippen LogP contribution in [-0.4, -0.2) is 5.92 Å². The third-order valence-electron chi connectivity index (χ3n) is 1.40. The van der Waals surface area contributed by atoms with E-state index in [4.69, 9.17) is 0 Å². The number of hydrogen-bond acceptors (Lipinski definition) is 0. The van der Waals surface area contributed by atoms with Crippen molar-refractivity contribution in [2.45, 2.75) is 39.5 Å². The highest BCUT2D eigenvalue weighted by molar-refractivity contribution is 4.62. The standard InChI is InChI=1S/C7H14F2/c1-4-6(2)5-7(3,8)9/h6H,4-5H2,1-3H3. The molecule has 0 aliphatic heterocycles. The van der Waals surface area contributed by atoms with Crippen LogP contribution in [0.15, 0.2) is 0 Å². The molecule has 0 bridgehead atoms. The van der Waals surface area contributed by atoms with E-state index < -0.39 is 5.92 Å². The van der Waals surface area contributed by atoms with E-state index in [-0.39, 0.29) is 12.3 Å². The molecule has 0 aromatic rings. The van der Waals surface area contributed by atoms with Gasteiger partial charge in [0.2, 0.25) is 5.92 Å². The smallest absolute Gasteiger partial charge is 0.207 e. The van der Waals surface area contributed by atoms with Gasteiger partial charge in [-0.05, 0) is 12.8 Å². The monoisotopic (exact) mass is 136 g/mol. The van der Waals surface area contributed by atoms with Crippen molar-refractivity contribution >= 4 is 0 Å². The van der Waals surface area contributed by atoms with Gasteiger partial charge in [0.1, 0.15) is 0 Å². The average molecular weight is 136 g/mol. The van der Waals surface area contributed by atoms with Crippen LogP contribution in [0.2, 0.25) is 0 Å². The minimum Gasteiger partial charge on any atom is -0.207 e. The highest BCUT2D eigenvalue weighted by Gasteiger charge is 2.22. The zero-order chi connectivity index (χ0) is 7.49. The molecule has 0 aromatic heterocycles. The average Bonchev–Trinajstić information content (AvgIpc) is 1.62. The number of rotatable bonds is 3. The summed E-state index contributed by atoms with van der Waals surface area (Å²) >= 11 is 0. The van der Waals surface area contributed by atoms with Gasteiger partial charge in [0, 0.05) is 6.42 Å². The van der Waals surface area contributed by atoms with Crippen LogP contribution in [0, 0.1) is 5.92 Å². The molecular weight excluding hydrogens is 122 g/mol. The Kier molecular flexibility index (Phi) is 3.09. The molecule has 0 amide bonds. The Bertz CT molecular complexity index is 73.5. The van der Waals surface area contributed by atoms with Gasteiger partial charge in [0.05, 0.1) is 0 Å². The first-order chi connectivity index (χ1) is 3.95. The Hall–Kier alpha value is -0.140. The molecule has 1 unspecified atom stereocenters. The molecule has 0 saturated heterocycles. The molecule has 0 heterocycles. The van der Waals surface area contributed by atoms with Crippen LogP contribution in [0.4, 0.5) is 8.78 Å². The number of hydrogen-bond donors (Lipinski definition) is 0. The molecule has 56 valence electrons. The summed E-state index contributed by atoms with van der Waals surface area (Å²) < 4.78 is 24.3. The molecule has 0 nitrogen and oxygen atoms in total. The molecule has 0 spiro atoms. The normalized spacial score (nSPS) is 15.7. The van der Waals surface area contributed by atoms with Gasteiger partial charge in [-0.15, -0.1) is 0 Å². The van der Waals surface area contributed by atoms with E-state index in [0.29, 0.717) is 0 Å². The van der Waals surface area contributed by atoms with E-state index in [2.05, 4.69) is 0 Å². The first kappa shape index (κ1) is 8.86. The highest BCUT2D eigenvalue weighted by atomic mass is 19.3. The van der Waals surface area contributed by atoms with Crippen molar-refractivity contribution in [2.75, 3.05) is 0 Å². The van der Waals surface area contributed by atoms with Gasteiger partial charge >= 0.3 is 0 Å². The Morgan fingerprint density at radius 1 is 1.44 bits per heavy atom. The minimum atomic E-state index is -2.48. The zero-order valence-electron chi connectivity index (χ0n) is 6.25. The molecular formula is C7H14F2. The fourth-order valence-corrected chi connectivity index (χ4v) is 0.756. The molecule has 0 rings (SSSR count). The lowest BCUT2D eigenvalue weighted by atomic mass is 10.0. The summed E-state index contributed by atoms with van der Waals surface area (Å²) in [5.74, 6) is -2.33. The summed E-state index contributed by atoms with van der Waals surface area (Å²) in [5, 5.41) is 0. The fraction of sp³-hybridized carbons (Fsp3) is 1.00. The van der Waals surface area contributed by atoms with Crippen molar-refractivity contribution in [3.63, 3.8) is 0 Å². The summed E-state index contributed by atoms with van der Waals surface area (Å²) in [7, 11) is 0. The Balaban J connectivity index is 3.47. The summed E-state index contributed by atoms with van der Waals surface area (Å²) in [4.78, 5) is 0. The summed E-state index contributed by atoms with van der Waals surface area (Å²) in [6, 6.07) is 0. The van der Waals surface area contributed by atoms with Crippen LogP contribution >= 0.6 is 0 Å². The zero-order valence-corrected chi connectivity index (χ0v) is 6.25. The van der Waals surface area contributed by atoms with Gasteiger partial charge < -0.3 is 0 Å². The molecule has 2 heteroatoms. The van der Waals surface area contributed by atoms with E-state index >= 15 is 0 Å². The van der Waals surface area contributed by atoms with E-state index in [1.54, 1.807) is 0 Å². The predicted molar refractivity (Wildman–Crippen MR) is 34.7 cm³/mol. The van der Waals surface area contributed by atoms with E-state index in [1.165, 1.54) is 0 Å². The predicted octanol–water partition coefficient (Wildman–Crippen LogP) is 3.08.